The first kappa shape index (κ1) is 16.2. The van der Waals surface area contributed by atoms with Crippen molar-refractivity contribution in [3.8, 4) is 0 Å². The number of piperidine rings is 1. The Hall–Kier alpha value is -2.27. The summed E-state index contributed by atoms with van der Waals surface area (Å²) in [5.41, 5.74) is 1.96. The Morgan fingerprint density at radius 2 is 1.64 bits per heavy atom. The first-order valence-electron chi connectivity index (χ1n) is 8.55. The molecule has 130 valence electrons. The number of amides is 1. The molecule has 0 aliphatic carbocycles. The van der Waals surface area contributed by atoms with Crippen LogP contribution in [0.2, 0.25) is 0 Å². The van der Waals surface area contributed by atoms with Crippen molar-refractivity contribution in [3.05, 3.63) is 65.2 Å². The smallest absolute Gasteiger partial charge is 0.258 e. The minimum Gasteiger partial charge on any atom is -0.307 e. The molecule has 2 aromatic carbocycles. The van der Waals surface area contributed by atoms with E-state index in [4.69, 9.17) is 0 Å². The molecule has 5 heteroatoms. The molecule has 2 aliphatic heterocycles. The Bertz CT molecular complexity index is 811. The average molecular weight is 342 g/mol. The largest absolute Gasteiger partial charge is 0.307 e. The fourth-order valence-electron chi connectivity index (χ4n) is 4.04. The van der Waals surface area contributed by atoms with Crippen LogP contribution in [0.3, 0.4) is 0 Å². The zero-order chi connectivity index (χ0) is 17.6. The van der Waals surface area contributed by atoms with E-state index >= 15 is 0 Å². The molecule has 0 radical (unpaired) electrons. The molecule has 1 amide bonds. The van der Waals surface area contributed by atoms with Crippen molar-refractivity contribution in [3.63, 3.8) is 0 Å². The molecule has 1 spiro atoms. The van der Waals surface area contributed by atoms with Crippen molar-refractivity contribution in [1.29, 1.82) is 0 Å². The number of anilines is 1. The average Bonchev–Trinajstić information content (AvgIpc) is 2.92. The first-order chi connectivity index (χ1) is 12.0. The summed E-state index contributed by atoms with van der Waals surface area (Å²) in [6.07, 6.45) is 1.79. The summed E-state index contributed by atoms with van der Waals surface area (Å²) in [6.45, 7) is 2.40. The molecule has 3 nitrogen and oxygen atoms in total. The molecule has 25 heavy (non-hydrogen) atoms. The highest BCUT2D eigenvalue weighted by Gasteiger charge is 2.46. The first-order valence-corrected chi connectivity index (χ1v) is 8.55. The van der Waals surface area contributed by atoms with E-state index in [0.29, 0.717) is 12.1 Å². The summed E-state index contributed by atoms with van der Waals surface area (Å²) >= 11 is 0. The van der Waals surface area contributed by atoms with E-state index in [1.807, 2.05) is 0 Å². The quantitative estimate of drug-likeness (QED) is 0.791. The number of halogens is 2. The summed E-state index contributed by atoms with van der Waals surface area (Å²) in [7, 11) is 2.08. The Morgan fingerprint density at radius 1 is 1.00 bits per heavy atom. The number of rotatable bonds is 1. The molecule has 0 atom stereocenters. The fraction of sp³-hybridized carbons (Fsp3) is 0.350. The Labute approximate surface area is 145 Å². The fourth-order valence-corrected chi connectivity index (χ4v) is 4.04. The van der Waals surface area contributed by atoms with Gasteiger partial charge < -0.3 is 9.80 Å². The molecule has 2 aliphatic rings. The second kappa shape index (κ2) is 5.92. The van der Waals surface area contributed by atoms with Crippen LogP contribution >= 0.6 is 0 Å². The highest BCUT2D eigenvalue weighted by molar-refractivity contribution is 6.07. The molecule has 0 bridgehead atoms. The van der Waals surface area contributed by atoms with Crippen LogP contribution in [0.25, 0.3) is 0 Å². The number of benzene rings is 2. The van der Waals surface area contributed by atoms with Gasteiger partial charge in [0.05, 0.1) is 0 Å². The summed E-state index contributed by atoms with van der Waals surface area (Å²) in [5, 5.41) is 0. The second-order valence-corrected chi connectivity index (χ2v) is 7.14. The van der Waals surface area contributed by atoms with Crippen molar-refractivity contribution in [2.45, 2.75) is 18.3 Å². The number of nitrogens with zero attached hydrogens (tertiary/aromatic N) is 2. The zero-order valence-corrected chi connectivity index (χ0v) is 14.1. The van der Waals surface area contributed by atoms with E-state index in [9.17, 15) is 13.6 Å². The summed E-state index contributed by atoms with van der Waals surface area (Å²) in [6, 6.07) is 10.3. The van der Waals surface area contributed by atoms with Gasteiger partial charge in [0, 0.05) is 23.2 Å². The maximum absolute atomic E-state index is 13.9. The number of hydrogen-bond donors (Lipinski definition) is 0. The highest BCUT2D eigenvalue weighted by Crippen LogP contribution is 2.47. The third kappa shape index (κ3) is 2.72. The topological polar surface area (TPSA) is 23.6 Å². The Kier molecular flexibility index (Phi) is 3.84. The molecule has 1 fully saturated rings. The molecule has 0 saturated carbocycles. The summed E-state index contributed by atoms with van der Waals surface area (Å²) in [4.78, 5) is 17.0. The van der Waals surface area contributed by atoms with Gasteiger partial charge in [0.1, 0.15) is 11.6 Å². The Balaban J connectivity index is 1.73. The lowest BCUT2D eigenvalue weighted by molar-refractivity contribution is 0.0979. The molecule has 2 aromatic rings. The molecular formula is C20H20F2N2O. The lowest BCUT2D eigenvalue weighted by Gasteiger charge is -2.38. The standard InChI is InChI=1S/C20H20F2N2O/c1-23-10-8-20(9-11-23)13-24(18-7-6-16(22)12-17(18)20)19(25)14-2-4-15(21)5-3-14/h2-7,12H,8-11,13H2,1H3. The predicted octanol–water partition coefficient (Wildman–Crippen LogP) is 3.59. The van der Waals surface area contributed by atoms with Crippen molar-refractivity contribution in [1.82, 2.24) is 4.90 Å². The number of fused-ring (bicyclic) bond motifs is 2. The van der Waals surface area contributed by atoms with E-state index < -0.39 is 0 Å². The van der Waals surface area contributed by atoms with Gasteiger partial charge >= 0.3 is 0 Å². The molecule has 0 aromatic heterocycles. The van der Waals surface area contributed by atoms with Crippen LogP contribution in [-0.2, 0) is 5.41 Å². The molecule has 0 unspecified atom stereocenters. The van der Waals surface area contributed by atoms with Gasteiger partial charge in [-0.25, -0.2) is 8.78 Å². The third-order valence-electron chi connectivity index (χ3n) is 5.56. The van der Waals surface area contributed by atoms with Gasteiger partial charge in [-0.1, -0.05) is 0 Å². The highest BCUT2D eigenvalue weighted by atomic mass is 19.1. The normalized spacial score (nSPS) is 19.2. The minimum atomic E-state index is -0.368. The van der Waals surface area contributed by atoms with Crippen LogP contribution < -0.4 is 4.90 Å². The van der Waals surface area contributed by atoms with Gasteiger partial charge in [0.25, 0.3) is 5.91 Å². The van der Waals surface area contributed by atoms with E-state index in [1.54, 1.807) is 17.0 Å². The van der Waals surface area contributed by atoms with Gasteiger partial charge in [-0.15, -0.1) is 0 Å². The zero-order valence-electron chi connectivity index (χ0n) is 14.1. The molecule has 0 N–H and O–H groups in total. The number of hydrogen-bond acceptors (Lipinski definition) is 2. The maximum atomic E-state index is 13.9. The van der Waals surface area contributed by atoms with Crippen LogP contribution in [0.4, 0.5) is 14.5 Å². The van der Waals surface area contributed by atoms with Gasteiger partial charge in [0.2, 0.25) is 0 Å². The lowest BCUT2D eigenvalue weighted by atomic mass is 9.74. The number of carbonyl (C=O) groups is 1. The van der Waals surface area contributed by atoms with Gasteiger partial charge in [-0.2, -0.15) is 0 Å². The maximum Gasteiger partial charge on any atom is 0.258 e. The van der Waals surface area contributed by atoms with Crippen LogP contribution in [-0.4, -0.2) is 37.5 Å². The van der Waals surface area contributed by atoms with Crippen molar-refractivity contribution < 1.29 is 13.6 Å². The van der Waals surface area contributed by atoms with Crippen molar-refractivity contribution in [2.75, 3.05) is 31.6 Å². The SMILES string of the molecule is CN1CCC2(CC1)CN(C(=O)c1ccc(F)cc1)c1ccc(F)cc12. The van der Waals surface area contributed by atoms with Crippen LogP contribution in [0, 0.1) is 11.6 Å². The van der Waals surface area contributed by atoms with E-state index in [1.165, 1.54) is 30.3 Å². The minimum absolute atomic E-state index is 0.163. The monoisotopic (exact) mass is 342 g/mol. The van der Waals surface area contributed by atoms with Crippen LogP contribution in [0.1, 0.15) is 28.8 Å². The van der Waals surface area contributed by atoms with E-state index in [-0.39, 0.29) is 23.0 Å². The molecular weight excluding hydrogens is 322 g/mol. The molecule has 1 saturated heterocycles. The molecule has 2 heterocycles. The van der Waals surface area contributed by atoms with Gasteiger partial charge in [-0.3, -0.25) is 4.79 Å². The number of likely N-dealkylation sites (tertiary alicyclic amines) is 1. The third-order valence-corrected chi connectivity index (χ3v) is 5.56. The summed E-state index contributed by atoms with van der Waals surface area (Å²) < 4.78 is 27.1. The van der Waals surface area contributed by atoms with Gasteiger partial charge in [-0.05, 0) is 81.0 Å². The molecule has 4 rings (SSSR count). The van der Waals surface area contributed by atoms with Crippen LogP contribution in [0.15, 0.2) is 42.5 Å². The number of carbonyl (C=O) groups excluding carboxylic acids is 1. The van der Waals surface area contributed by atoms with Gasteiger partial charge in [0.15, 0.2) is 0 Å². The van der Waals surface area contributed by atoms with Crippen molar-refractivity contribution in [2.24, 2.45) is 0 Å². The lowest BCUT2D eigenvalue weighted by Crippen LogP contribution is -2.44. The predicted molar refractivity (Wildman–Crippen MR) is 92.9 cm³/mol. The van der Waals surface area contributed by atoms with E-state index in [2.05, 4.69) is 11.9 Å². The van der Waals surface area contributed by atoms with Crippen LogP contribution in [0.5, 0.6) is 0 Å². The Morgan fingerprint density at radius 3 is 2.32 bits per heavy atom. The summed E-state index contributed by atoms with van der Waals surface area (Å²) in [5.74, 6) is -0.802. The second-order valence-electron chi connectivity index (χ2n) is 7.14. The van der Waals surface area contributed by atoms with E-state index in [0.717, 1.165) is 37.2 Å². The van der Waals surface area contributed by atoms with Crippen molar-refractivity contribution >= 4 is 11.6 Å².